The summed E-state index contributed by atoms with van der Waals surface area (Å²) >= 11 is 6.46. The topological polar surface area (TPSA) is 79.0 Å². The molecule has 0 unspecified atom stereocenters. The number of sulfonamides is 1. The van der Waals surface area contributed by atoms with Gasteiger partial charge in [0.2, 0.25) is 10.0 Å². The molecule has 1 amide bonds. The number of morpholine rings is 1. The molecule has 0 radical (unpaired) electrons. The third-order valence-corrected chi connectivity index (χ3v) is 8.06. The van der Waals surface area contributed by atoms with E-state index in [1.54, 1.807) is 36.4 Å². The molecule has 2 aromatic rings. The molecule has 0 atom stereocenters. The van der Waals surface area contributed by atoms with Gasteiger partial charge in [-0.3, -0.25) is 4.79 Å². The Morgan fingerprint density at radius 2 is 1.62 bits per heavy atom. The summed E-state index contributed by atoms with van der Waals surface area (Å²) < 4.78 is 33.2. The summed E-state index contributed by atoms with van der Waals surface area (Å²) in [7, 11) is -3.64. The molecule has 1 N–H and O–H groups in total. The van der Waals surface area contributed by atoms with Crippen molar-refractivity contribution in [3.63, 3.8) is 0 Å². The first-order chi connectivity index (χ1) is 15.5. The summed E-state index contributed by atoms with van der Waals surface area (Å²) in [5, 5.41) is 3.46. The maximum absolute atomic E-state index is 13.1. The Balaban J connectivity index is 1.57. The third-order valence-electron chi connectivity index (χ3n) is 5.86. The molecule has 32 heavy (non-hydrogen) atoms. The van der Waals surface area contributed by atoms with Crippen LogP contribution in [0.25, 0.3) is 0 Å². The molecule has 0 spiro atoms. The molecule has 7 nitrogen and oxygen atoms in total. The van der Waals surface area contributed by atoms with E-state index < -0.39 is 10.0 Å². The van der Waals surface area contributed by atoms with Crippen LogP contribution in [0.2, 0.25) is 5.02 Å². The Kier molecular flexibility index (Phi) is 7.35. The van der Waals surface area contributed by atoms with Crippen molar-refractivity contribution in [3.8, 4) is 0 Å². The van der Waals surface area contributed by atoms with Gasteiger partial charge in [-0.05, 0) is 43.2 Å². The predicted octanol–water partition coefficient (Wildman–Crippen LogP) is 3.99. The smallest absolute Gasteiger partial charge is 0.255 e. The lowest BCUT2D eigenvalue weighted by Gasteiger charge is -2.31. The van der Waals surface area contributed by atoms with Gasteiger partial charge in [-0.1, -0.05) is 36.6 Å². The van der Waals surface area contributed by atoms with Crippen molar-refractivity contribution in [2.45, 2.75) is 30.6 Å². The van der Waals surface area contributed by atoms with Gasteiger partial charge >= 0.3 is 0 Å². The van der Waals surface area contributed by atoms with Crippen LogP contribution in [0.3, 0.4) is 0 Å². The third kappa shape index (κ3) is 5.09. The van der Waals surface area contributed by atoms with E-state index in [1.165, 1.54) is 10.4 Å². The van der Waals surface area contributed by atoms with Crippen LogP contribution in [-0.4, -0.2) is 58.0 Å². The Morgan fingerprint density at radius 3 is 2.34 bits per heavy atom. The standard InChI is InChI=1S/C23H28ClN3O4S/c24-20-9-6-10-21(22(20)26-13-15-31-16-14-26)25-23(28)18-7-5-8-19(17-18)32(29,30)27-11-3-1-2-4-12-27/h5-10,17H,1-4,11-16H2,(H,25,28). The average Bonchev–Trinajstić information content (AvgIpc) is 3.10. The van der Waals surface area contributed by atoms with Crippen LogP contribution in [0.15, 0.2) is 47.4 Å². The molecule has 2 saturated heterocycles. The highest BCUT2D eigenvalue weighted by Crippen LogP contribution is 2.35. The van der Waals surface area contributed by atoms with Crippen LogP contribution in [0.4, 0.5) is 11.4 Å². The molecule has 2 aliphatic rings. The maximum atomic E-state index is 13.1. The lowest BCUT2D eigenvalue weighted by atomic mass is 10.2. The summed E-state index contributed by atoms with van der Waals surface area (Å²) in [6, 6.07) is 11.6. The minimum atomic E-state index is -3.64. The van der Waals surface area contributed by atoms with Crippen molar-refractivity contribution in [1.82, 2.24) is 4.31 Å². The zero-order valence-electron chi connectivity index (χ0n) is 17.9. The largest absolute Gasteiger partial charge is 0.378 e. The highest BCUT2D eigenvalue weighted by molar-refractivity contribution is 7.89. The molecular formula is C23H28ClN3O4S. The molecule has 172 valence electrons. The molecule has 0 aliphatic carbocycles. The van der Waals surface area contributed by atoms with Gasteiger partial charge in [0.05, 0.1) is 34.5 Å². The molecule has 0 bridgehead atoms. The maximum Gasteiger partial charge on any atom is 0.255 e. The van der Waals surface area contributed by atoms with Crippen molar-refractivity contribution in [1.29, 1.82) is 0 Å². The number of ether oxygens (including phenoxy) is 1. The average molecular weight is 478 g/mol. The summed E-state index contributed by atoms with van der Waals surface area (Å²) in [6.45, 7) is 3.57. The normalized spacial score (nSPS) is 18.2. The number of nitrogens with one attached hydrogen (secondary N) is 1. The first-order valence-corrected chi connectivity index (χ1v) is 12.8. The van der Waals surface area contributed by atoms with Gasteiger partial charge in [0.15, 0.2) is 0 Å². The number of carbonyl (C=O) groups excluding carboxylic acids is 1. The van der Waals surface area contributed by atoms with Gasteiger partial charge in [0.1, 0.15) is 0 Å². The van der Waals surface area contributed by atoms with Crippen molar-refractivity contribution < 1.29 is 17.9 Å². The summed E-state index contributed by atoms with van der Waals surface area (Å²) in [4.78, 5) is 15.3. The van der Waals surface area contributed by atoms with E-state index in [-0.39, 0.29) is 16.4 Å². The first kappa shape index (κ1) is 23.0. The molecule has 2 heterocycles. The second-order valence-electron chi connectivity index (χ2n) is 8.04. The van der Waals surface area contributed by atoms with E-state index in [4.69, 9.17) is 16.3 Å². The SMILES string of the molecule is O=C(Nc1cccc(Cl)c1N1CCOCC1)c1cccc(S(=O)(=O)N2CCCCCC2)c1. The first-order valence-electron chi connectivity index (χ1n) is 11.0. The second-order valence-corrected chi connectivity index (χ2v) is 10.4. The number of amides is 1. The van der Waals surface area contributed by atoms with Gasteiger partial charge in [0, 0.05) is 31.7 Å². The van der Waals surface area contributed by atoms with Crippen LogP contribution < -0.4 is 10.2 Å². The zero-order chi connectivity index (χ0) is 22.6. The monoisotopic (exact) mass is 477 g/mol. The summed E-state index contributed by atoms with van der Waals surface area (Å²) in [6.07, 6.45) is 3.80. The molecule has 9 heteroatoms. The fourth-order valence-electron chi connectivity index (χ4n) is 4.15. The van der Waals surface area contributed by atoms with E-state index in [0.717, 1.165) is 31.4 Å². The van der Waals surface area contributed by atoms with E-state index in [1.807, 2.05) is 0 Å². The highest BCUT2D eigenvalue weighted by atomic mass is 35.5. The van der Waals surface area contributed by atoms with Crippen LogP contribution in [0.1, 0.15) is 36.0 Å². The molecule has 2 fully saturated rings. The van der Waals surface area contributed by atoms with Crippen molar-refractivity contribution in [3.05, 3.63) is 53.1 Å². The Labute approximate surface area is 194 Å². The predicted molar refractivity (Wildman–Crippen MR) is 126 cm³/mol. The Bertz CT molecular complexity index is 1060. The number of anilines is 2. The van der Waals surface area contributed by atoms with E-state index in [9.17, 15) is 13.2 Å². The fourth-order valence-corrected chi connectivity index (χ4v) is 6.01. The van der Waals surface area contributed by atoms with Crippen molar-refractivity contribution in [2.75, 3.05) is 49.6 Å². The van der Waals surface area contributed by atoms with Crippen LogP contribution in [0.5, 0.6) is 0 Å². The summed E-state index contributed by atoms with van der Waals surface area (Å²) in [5.74, 6) is -0.380. The molecule has 2 aliphatic heterocycles. The minimum absolute atomic E-state index is 0.145. The van der Waals surface area contributed by atoms with Crippen molar-refractivity contribution >= 4 is 38.9 Å². The van der Waals surface area contributed by atoms with E-state index in [0.29, 0.717) is 50.1 Å². The lowest BCUT2D eigenvalue weighted by molar-refractivity contribution is 0.102. The van der Waals surface area contributed by atoms with Gasteiger partial charge in [-0.2, -0.15) is 4.31 Å². The van der Waals surface area contributed by atoms with Gasteiger partial charge in [-0.15, -0.1) is 0 Å². The number of carbonyl (C=O) groups is 1. The van der Waals surface area contributed by atoms with E-state index in [2.05, 4.69) is 10.2 Å². The number of para-hydroxylation sites is 1. The lowest BCUT2D eigenvalue weighted by Crippen LogP contribution is -2.37. The molecule has 0 aromatic heterocycles. The minimum Gasteiger partial charge on any atom is -0.378 e. The zero-order valence-corrected chi connectivity index (χ0v) is 19.5. The molecule has 0 saturated carbocycles. The van der Waals surface area contributed by atoms with Gasteiger partial charge < -0.3 is 15.0 Å². The quantitative estimate of drug-likeness (QED) is 0.704. The number of benzene rings is 2. The number of hydrogen-bond acceptors (Lipinski definition) is 5. The second kappa shape index (κ2) is 10.2. The van der Waals surface area contributed by atoms with Crippen molar-refractivity contribution in [2.24, 2.45) is 0 Å². The Morgan fingerprint density at radius 1 is 0.938 bits per heavy atom. The Hall–Kier alpha value is -2.13. The number of halogens is 1. The highest BCUT2D eigenvalue weighted by Gasteiger charge is 2.26. The van der Waals surface area contributed by atoms with Gasteiger partial charge in [-0.25, -0.2) is 8.42 Å². The number of nitrogens with zero attached hydrogens (tertiary/aromatic N) is 2. The fraction of sp³-hybridized carbons (Fsp3) is 0.435. The van der Waals surface area contributed by atoms with Gasteiger partial charge in [0.25, 0.3) is 5.91 Å². The molecule has 4 rings (SSSR count). The molecule has 2 aromatic carbocycles. The summed E-state index contributed by atoms with van der Waals surface area (Å²) in [5.41, 5.74) is 1.62. The number of rotatable bonds is 5. The molecular weight excluding hydrogens is 450 g/mol. The van der Waals surface area contributed by atoms with Crippen LogP contribution in [0, 0.1) is 0 Å². The van der Waals surface area contributed by atoms with Crippen LogP contribution in [-0.2, 0) is 14.8 Å². The van der Waals surface area contributed by atoms with E-state index >= 15 is 0 Å². The van der Waals surface area contributed by atoms with Crippen LogP contribution >= 0.6 is 11.6 Å². The number of hydrogen-bond donors (Lipinski definition) is 1.